The van der Waals surface area contributed by atoms with Crippen LogP contribution < -0.4 is 5.32 Å². The number of rotatable bonds is 8. The summed E-state index contributed by atoms with van der Waals surface area (Å²) in [6.07, 6.45) is 4.03. The SMILES string of the molecule is C(=NC(NCc1ccc(-c2ccc3c4c(ccc3c2)CCc2sc3ccccc3c2-4)cc1)c1ccc(-c2ccccc2)cc1)c1ccccc1. The van der Waals surface area contributed by atoms with Crippen LogP contribution in [0.1, 0.15) is 33.3 Å². The Morgan fingerprint density at radius 1 is 0.580 bits per heavy atom. The fourth-order valence-corrected chi connectivity index (χ4v) is 8.54. The van der Waals surface area contributed by atoms with Crippen molar-refractivity contribution in [1.82, 2.24) is 5.32 Å². The van der Waals surface area contributed by atoms with Gasteiger partial charge in [-0.15, -0.1) is 11.3 Å². The molecule has 0 spiro atoms. The van der Waals surface area contributed by atoms with Crippen molar-refractivity contribution in [3.8, 4) is 33.4 Å². The van der Waals surface area contributed by atoms with Crippen molar-refractivity contribution in [2.24, 2.45) is 4.99 Å². The quantitative estimate of drug-likeness (QED) is 0.161. The van der Waals surface area contributed by atoms with E-state index < -0.39 is 0 Å². The lowest BCUT2D eigenvalue weighted by molar-refractivity contribution is 0.556. The third-order valence-electron chi connectivity index (χ3n) is 9.94. The van der Waals surface area contributed by atoms with Crippen molar-refractivity contribution >= 4 is 38.4 Å². The van der Waals surface area contributed by atoms with Crippen molar-refractivity contribution in [1.29, 1.82) is 0 Å². The number of aliphatic imine (C=N–C) groups is 1. The summed E-state index contributed by atoms with van der Waals surface area (Å²) in [7, 11) is 0. The third-order valence-corrected chi connectivity index (χ3v) is 11.2. The summed E-state index contributed by atoms with van der Waals surface area (Å²) in [5.74, 6) is 0. The van der Waals surface area contributed by atoms with E-state index in [1.165, 1.54) is 70.2 Å². The first-order valence-corrected chi connectivity index (χ1v) is 18.2. The molecule has 8 aromatic rings. The van der Waals surface area contributed by atoms with E-state index in [0.29, 0.717) is 6.54 Å². The molecule has 7 aromatic carbocycles. The number of nitrogens with zero attached hydrogens (tertiary/aromatic N) is 1. The van der Waals surface area contributed by atoms with Gasteiger partial charge in [0.25, 0.3) is 0 Å². The highest BCUT2D eigenvalue weighted by Crippen LogP contribution is 2.47. The first kappa shape index (κ1) is 30.4. The van der Waals surface area contributed by atoms with E-state index in [1.807, 2.05) is 35.8 Å². The van der Waals surface area contributed by atoms with Gasteiger partial charge < -0.3 is 0 Å². The van der Waals surface area contributed by atoms with Crippen molar-refractivity contribution in [2.45, 2.75) is 25.6 Å². The van der Waals surface area contributed by atoms with Crippen LogP contribution in [0.15, 0.2) is 169 Å². The number of aryl methyl sites for hydroxylation is 2. The molecule has 50 heavy (non-hydrogen) atoms. The molecule has 0 saturated heterocycles. The standard InChI is InChI=1S/C47H36N2S/c1-3-9-32(10-4-1)30-48-47(38-22-19-35(20-23-38)34-11-5-2-6-12-34)49-31-33-15-17-36(18-16-33)39-25-27-41-40(29-39)24-21-37-26-28-44-46(45(37)41)42-13-7-8-14-43(42)50-44/h1-25,27,29-30,47,49H,26,28,31H2. The van der Waals surface area contributed by atoms with Gasteiger partial charge in [-0.3, -0.25) is 10.3 Å². The van der Waals surface area contributed by atoms with Crippen LogP contribution in [-0.4, -0.2) is 6.21 Å². The molecule has 9 rings (SSSR count). The first-order chi connectivity index (χ1) is 24.8. The maximum absolute atomic E-state index is 5.00. The zero-order valence-electron chi connectivity index (χ0n) is 27.7. The fraction of sp³-hybridized carbons (Fsp3) is 0.0851. The van der Waals surface area contributed by atoms with Crippen LogP contribution in [0.2, 0.25) is 0 Å². The minimum Gasteiger partial charge on any atom is -0.288 e. The van der Waals surface area contributed by atoms with Crippen molar-refractivity contribution < 1.29 is 0 Å². The Labute approximate surface area is 297 Å². The molecule has 1 aliphatic carbocycles. The van der Waals surface area contributed by atoms with Crippen LogP contribution in [0.25, 0.3) is 54.2 Å². The summed E-state index contributed by atoms with van der Waals surface area (Å²) < 4.78 is 1.39. The zero-order chi connectivity index (χ0) is 33.3. The summed E-state index contributed by atoms with van der Waals surface area (Å²) in [6.45, 7) is 0.707. The maximum Gasteiger partial charge on any atom is 0.125 e. The molecule has 0 bridgehead atoms. The Balaban J connectivity index is 0.961. The Morgan fingerprint density at radius 3 is 2.08 bits per heavy atom. The molecule has 1 aliphatic rings. The second-order valence-electron chi connectivity index (χ2n) is 13.1. The van der Waals surface area contributed by atoms with E-state index in [9.17, 15) is 0 Å². The van der Waals surface area contributed by atoms with Crippen LogP contribution in [0, 0.1) is 0 Å². The highest BCUT2D eigenvalue weighted by Gasteiger charge is 2.23. The lowest BCUT2D eigenvalue weighted by Gasteiger charge is -2.20. The van der Waals surface area contributed by atoms with Crippen molar-refractivity contribution in [2.75, 3.05) is 0 Å². The van der Waals surface area contributed by atoms with Crippen LogP contribution in [0.5, 0.6) is 0 Å². The monoisotopic (exact) mass is 660 g/mol. The van der Waals surface area contributed by atoms with Gasteiger partial charge in [0.2, 0.25) is 0 Å². The van der Waals surface area contributed by atoms with Crippen molar-refractivity contribution in [3.05, 3.63) is 191 Å². The molecular weight excluding hydrogens is 625 g/mol. The van der Waals surface area contributed by atoms with E-state index in [0.717, 1.165) is 24.0 Å². The fourth-order valence-electron chi connectivity index (χ4n) is 7.33. The van der Waals surface area contributed by atoms with E-state index >= 15 is 0 Å². The average Bonchev–Trinajstić information content (AvgIpc) is 3.58. The Kier molecular flexibility index (Phi) is 8.14. The van der Waals surface area contributed by atoms with E-state index in [4.69, 9.17) is 4.99 Å². The predicted octanol–water partition coefficient (Wildman–Crippen LogP) is 12.1. The molecule has 0 saturated carbocycles. The second-order valence-corrected chi connectivity index (χ2v) is 14.2. The molecule has 1 heterocycles. The highest BCUT2D eigenvalue weighted by molar-refractivity contribution is 7.19. The molecule has 0 aliphatic heterocycles. The topological polar surface area (TPSA) is 24.4 Å². The van der Waals surface area contributed by atoms with Crippen LogP contribution >= 0.6 is 11.3 Å². The number of hydrogen-bond acceptors (Lipinski definition) is 3. The number of thiophene rings is 1. The molecule has 1 unspecified atom stereocenters. The lowest BCUT2D eigenvalue weighted by Crippen LogP contribution is -2.19. The summed E-state index contributed by atoms with van der Waals surface area (Å²) in [5, 5.41) is 7.77. The maximum atomic E-state index is 5.00. The zero-order valence-corrected chi connectivity index (χ0v) is 28.5. The molecule has 0 radical (unpaired) electrons. The van der Waals surface area contributed by atoms with Crippen LogP contribution in [0.4, 0.5) is 0 Å². The Hall–Kier alpha value is -5.61. The smallest absolute Gasteiger partial charge is 0.125 e. The van der Waals surface area contributed by atoms with Crippen molar-refractivity contribution in [3.63, 3.8) is 0 Å². The minimum atomic E-state index is -0.174. The molecule has 0 amide bonds. The number of hydrogen-bond donors (Lipinski definition) is 1. The molecule has 3 heteroatoms. The molecule has 1 N–H and O–H groups in total. The van der Waals surface area contributed by atoms with Gasteiger partial charge in [0.15, 0.2) is 0 Å². The lowest BCUT2D eigenvalue weighted by atomic mass is 9.84. The van der Waals surface area contributed by atoms with Gasteiger partial charge in [-0.05, 0) is 85.8 Å². The molecule has 240 valence electrons. The van der Waals surface area contributed by atoms with Gasteiger partial charge in [0.1, 0.15) is 6.17 Å². The number of fused-ring (bicyclic) bond motifs is 7. The van der Waals surface area contributed by atoms with Crippen LogP contribution in [0.3, 0.4) is 0 Å². The number of benzene rings is 7. The summed E-state index contributed by atoms with van der Waals surface area (Å²) in [6, 6.07) is 59.1. The number of nitrogens with one attached hydrogen (secondary N) is 1. The molecule has 0 fully saturated rings. The Morgan fingerprint density at radius 2 is 1.26 bits per heavy atom. The summed E-state index contributed by atoms with van der Waals surface area (Å²) in [4.78, 5) is 6.52. The molecule has 1 aromatic heterocycles. The average molecular weight is 661 g/mol. The van der Waals surface area contributed by atoms with E-state index in [1.54, 1.807) is 0 Å². The molecular formula is C47H36N2S. The minimum absolute atomic E-state index is 0.174. The van der Waals surface area contributed by atoms with Gasteiger partial charge in [0, 0.05) is 33.3 Å². The largest absolute Gasteiger partial charge is 0.288 e. The Bertz CT molecular complexity index is 2460. The van der Waals surface area contributed by atoms with Crippen LogP contribution in [-0.2, 0) is 19.4 Å². The normalized spacial score (nSPS) is 13.0. The van der Waals surface area contributed by atoms with Gasteiger partial charge in [-0.2, -0.15) is 0 Å². The van der Waals surface area contributed by atoms with E-state index in [2.05, 4.69) is 151 Å². The molecule has 2 nitrogen and oxygen atoms in total. The highest BCUT2D eigenvalue weighted by atomic mass is 32.1. The third kappa shape index (κ3) is 5.96. The second kappa shape index (κ2) is 13.4. The summed E-state index contributed by atoms with van der Waals surface area (Å²) >= 11 is 1.97. The van der Waals surface area contributed by atoms with Gasteiger partial charge >= 0.3 is 0 Å². The van der Waals surface area contributed by atoms with Gasteiger partial charge in [-0.25, -0.2) is 0 Å². The van der Waals surface area contributed by atoms with E-state index in [-0.39, 0.29) is 6.17 Å². The van der Waals surface area contributed by atoms with Gasteiger partial charge in [-0.1, -0.05) is 152 Å². The molecule has 1 atom stereocenters. The predicted molar refractivity (Wildman–Crippen MR) is 213 cm³/mol. The first-order valence-electron chi connectivity index (χ1n) is 17.4. The van der Waals surface area contributed by atoms with Gasteiger partial charge in [0.05, 0.1) is 0 Å². The summed E-state index contributed by atoms with van der Waals surface area (Å²) in [5.41, 5.74) is 12.7.